The molecule has 0 unspecified atom stereocenters. The maximum atomic E-state index is 3.47. The molecule has 0 spiro atoms. The molecule has 0 saturated carbocycles. The molecule has 2 nitrogen and oxygen atoms in total. The van der Waals surface area contributed by atoms with Crippen LogP contribution in [0.15, 0.2) is 30.3 Å². The lowest BCUT2D eigenvalue weighted by Gasteiger charge is -2.24. The lowest BCUT2D eigenvalue weighted by molar-refractivity contribution is 0.617. The summed E-state index contributed by atoms with van der Waals surface area (Å²) in [5.41, 5.74) is 1.36. The third-order valence-electron chi connectivity index (χ3n) is 3.11. The van der Waals surface area contributed by atoms with Gasteiger partial charge in [-0.05, 0) is 44.5 Å². The highest BCUT2D eigenvalue weighted by Gasteiger charge is 2.04. The van der Waals surface area contributed by atoms with Crippen LogP contribution >= 0.6 is 0 Å². The summed E-state index contributed by atoms with van der Waals surface area (Å²) in [5, 5.41) is 3.47. The van der Waals surface area contributed by atoms with Crippen molar-refractivity contribution >= 4 is 5.69 Å². The molecule has 0 saturated heterocycles. The molecule has 18 heavy (non-hydrogen) atoms. The van der Waals surface area contributed by atoms with E-state index in [1.165, 1.54) is 37.9 Å². The molecule has 0 radical (unpaired) electrons. The van der Waals surface area contributed by atoms with Crippen LogP contribution < -0.4 is 10.2 Å². The van der Waals surface area contributed by atoms with Crippen molar-refractivity contribution in [2.45, 2.75) is 39.5 Å². The minimum absolute atomic E-state index is 1.13. The Balaban J connectivity index is 2.36. The summed E-state index contributed by atoms with van der Waals surface area (Å²) in [6.45, 7) is 9.06. The lowest BCUT2D eigenvalue weighted by Crippen LogP contribution is -2.28. The SMILES string of the molecule is CCCCN(CCCNCCC)c1ccccc1. The summed E-state index contributed by atoms with van der Waals surface area (Å²) in [7, 11) is 0. The van der Waals surface area contributed by atoms with Gasteiger partial charge in [0.25, 0.3) is 0 Å². The number of unbranched alkanes of at least 4 members (excludes halogenated alkanes) is 1. The predicted octanol–water partition coefficient (Wildman–Crippen LogP) is 3.68. The molecule has 2 heteroatoms. The molecule has 0 aliphatic carbocycles. The molecule has 1 aromatic rings. The molecule has 0 aliphatic rings. The highest BCUT2D eigenvalue weighted by atomic mass is 15.1. The van der Waals surface area contributed by atoms with Crippen molar-refractivity contribution in [2.24, 2.45) is 0 Å². The molecule has 1 N–H and O–H groups in total. The third-order valence-corrected chi connectivity index (χ3v) is 3.11. The van der Waals surface area contributed by atoms with Gasteiger partial charge in [0.15, 0.2) is 0 Å². The van der Waals surface area contributed by atoms with Crippen LogP contribution in [0.1, 0.15) is 39.5 Å². The Bertz CT molecular complexity index is 284. The number of nitrogens with zero attached hydrogens (tertiary/aromatic N) is 1. The quantitative estimate of drug-likeness (QED) is 0.635. The maximum Gasteiger partial charge on any atom is 0.0366 e. The minimum Gasteiger partial charge on any atom is -0.371 e. The zero-order chi connectivity index (χ0) is 13.1. The van der Waals surface area contributed by atoms with Crippen LogP contribution in [-0.4, -0.2) is 26.2 Å². The van der Waals surface area contributed by atoms with Crippen molar-refractivity contribution < 1.29 is 0 Å². The van der Waals surface area contributed by atoms with Gasteiger partial charge >= 0.3 is 0 Å². The Hall–Kier alpha value is -1.02. The van der Waals surface area contributed by atoms with E-state index < -0.39 is 0 Å². The van der Waals surface area contributed by atoms with Gasteiger partial charge in [-0.25, -0.2) is 0 Å². The average molecular weight is 248 g/mol. The first-order chi connectivity index (χ1) is 8.88. The second-order valence-electron chi connectivity index (χ2n) is 4.78. The van der Waals surface area contributed by atoms with E-state index in [9.17, 15) is 0 Å². The highest BCUT2D eigenvalue weighted by molar-refractivity contribution is 5.45. The van der Waals surface area contributed by atoms with Crippen molar-refractivity contribution in [1.29, 1.82) is 0 Å². The number of para-hydroxylation sites is 1. The van der Waals surface area contributed by atoms with E-state index in [-0.39, 0.29) is 0 Å². The number of anilines is 1. The molecule has 0 heterocycles. The molecule has 1 rings (SSSR count). The van der Waals surface area contributed by atoms with E-state index >= 15 is 0 Å². The number of benzene rings is 1. The maximum absolute atomic E-state index is 3.47. The van der Waals surface area contributed by atoms with E-state index in [1.807, 2.05) is 0 Å². The van der Waals surface area contributed by atoms with Crippen LogP contribution in [0, 0.1) is 0 Å². The van der Waals surface area contributed by atoms with Crippen LogP contribution in [0.3, 0.4) is 0 Å². The Labute approximate surface area is 112 Å². The fourth-order valence-electron chi connectivity index (χ4n) is 2.05. The van der Waals surface area contributed by atoms with Crippen LogP contribution in [0.5, 0.6) is 0 Å². The first-order valence-corrected chi connectivity index (χ1v) is 7.39. The molecular weight excluding hydrogens is 220 g/mol. The van der Waals surface area contributed by atoms with Crippen LogP contribution in [-0.2, 0) is 0 Å². The van der Waals surface area contributed by atoms with Gasteiger partial charge in [0, 0.05) is 18.8 Å². The minimum atomic E-state index is 1.13. The van der Waals surface area contributed by atoms with Crippen molar-refractivity contribution in [2.75, 3.05) is 31.1 Å². The summed E-state index contributed by atoms with van der Waals surface area (Å²) in [5.74, 6) is 0. The Morgan fingerprint density at radius 1 is 0.889 bits per heavy atom. The Morgan fingerprint density at radius 2 is 1.61 bits per heavy atom. The lowest BCUT2D eigenvalue weighted by atomic mass is 10.2. The standard InChI is InChI=1S/C16H28N2/c1-3-5-14-18(15-9-13-17-12-4-2)16-10-7-6-8-11-16/h6-8,10-11,17H,3-5,9,12-15H2,1-2H3. The normalized spacial score (nSPS) is 10.6. The van der Waals surface area contributed by atoms with E-state index in [2.05, 4.69) is 54.4 Å². The number of nitrogens with one attached hydrogen (secondary N) is 1. The summed E-state index contributed by atoms with van der Waals surface area (Å²) >= 11 is 0. The summed E-state index contributed by atoms with van der Waals surface area (Å²) in [6, 6.07) is 10.8. The molecular formula is C16H28N2. The summed E-state index contributed by atoms with van der Waals surface area (Å²) in [4.78, 5) is 2.51. The van der Waals surface area contributed by atoms with E-state index in [0.717, 1.165) is 19.6 Å². The number of hydrogen-bond donors (Lipinski definition) is 1. The first-order valence-electron chi connectivity index (χ1n) is 7.39. The van der Waals surface area contributed by atoms with Gasteiger partial charge < -0.3 is 10.2 Å². The Morgan fingerprint density at radius 3 is 2.28 bits per heavy atom. The highest BCUT2D eigenvalue weighted by Crippen LogP contribution is 2.14. The number of hydrogen-bond acceptors (Lipinski definition) is 2. The van der Waals surface area contributed by atoms with E-state index in [4.69, 9.17) is 0 Å². The fourth-order valence-corrected chi connectivity index (χ4v) is 2.05. The van der Waals surface area contributed by atoms with Gasteiger partial charge in [-0.15, -0.1) is 0 Å². The molecule has 0 atom stereocenters. The smallest absolute Gasteiger partial charge is 0.0366 e. The van der Waals surface area contributed by atoms with Gasteiger partial charge in [-0.2, -0.15) is 0 Å². The zero-order valence-electron chi connectivity index (χ0n) is 12.0. The van der Waals surface area contributed by atoms with E-state index in [0.29, 0.717) is 0 Å². The summed E-state index contributed by atoms with van der Waals surface area (Å²) < 4.78 is 0. The van der Waals surface area contributed by atoms with E-state index in [1.54, 1.807) is 0 Å². The zero-order valence-corrected chi connectivity index (χ0v) is 12.0. The molecule has 0 bridgehead atoms. The van der Waals surface area contributed by atoms with Crippen molar-refractivity contribution in [1.82, 2.24) is 5.32 Å². The van der Waals surface area contributed by atoms with Crippen molar-refractivity contribution in [3.05, 3.63) is 30.3 Å². The average Bonchev–Trinajstić information content (AvgIpc) is 2.43. The first kappa shape index (κ1) is 15.0. The summed E-state index contributed by atoms with van der Waals surface area (Å²) in [6.07, 6.45) is 4.98. The second-order valence-corrected chi connectivity index (χ2v) is 4.78. The van der Waals surface area contributed by atoms with Crippen LogP contribution in [0.25, 0.3) is 0 Å². The molecule has 102 valence electrons. The topological polar surface area (TPSA) is 15.3 Å². The van der Waals surface area contributed by atoms with Gasteiger partial charge in [0.1, 0.15) is 0 Å². The molecule has 0 aliphatic heterocycles. The monoisotopic (exact) mass is 248 g/mol. The van der Waals surface area contributed by atoms with Crippen LogP contribution in [0.4, 0.5) is 5.69 Å². The Kier molecular flexibility index (Phi) is 8.32. The van der Waals surface area contributed by atoms with Gasteiger partial charge in [-0.1, -0.05) is 38.5 Å². The van der Waals surface area contributed by atoms with Crippen molar-refractivity contribution in [3.8, 4) is 0 Å². The second kappa shape index (κ2) is 9.95. The molecule has 0 amide bonds. The predicted molar refractivity (Wildman–Crippen MR) is 81.3 cm³/mol. The molecule has 1 aromatic carbocycles. The fraction of sp³-hybridized carbons (Fsp3) is 0.625. The van der Waals surface area contributed by atoms with Crippen molar-refractivity contribution in [3.63, 3.8) is 0 Å². The molecule has 0 aromatic heterocycles. The van der Waals surface area contributed by atoms with Gasteiger partial charge in [0.05, 0.1) is 0 Å². The van der Waals surface area contributed by atoms with Gasteiger partial charge in [0.2, 0.25) is 0 Å². The number of rotatable bonds is 10. The third kappa shape index (κ3) is 6.06. The van der Waals surface area contributed by atoms with Gasteiger partial charge in [-0.3, -0.25) is 0 Å². The van der Waals surface area contributed by atoms with Crippen LogP contribution in [0.2, 0.25) is 0 Å². The molecule has 0 fully saturated rings. The largest absolute Gasteiger partial charge is 0.371 e.